The van der Waals surface area contributed by atoms with E-state index in [9.17, 15) is 29.1 Å². The summed E-state index contributed by atoms with van der Waals surface area (Å²) in [6.07, 6.45) is -3.64. The average Bonchev–Trinajstić information content (AvgIpc) is 2.76. The quantitative estimate of drug-likeness (QED) is 0.271. The Labute approximate surface area is 199 Å². The first-order valence-corrected chi connectivity index (χ1v) is 11.8. The van der Waals surface area contributed by atoms with Gasteiger partial charge in [0.1, 0.15) is 17.9 Å². The van der Waals surface area contributed by atoms with E-state index in [1.54, 1.807) is 20.8 Å². The van der Waals surface area contributed by atoms with Crippen LogP contribution < -0.4 is 5.32 Å². The Hall–Kier alpha value is -2.53. The molecule has 34 heavy (non-hydrogen) atoms. The monoisotopic (exact) mass is 487 g/mol. The van der Waals surface area contributed by atoms with Gasteiger partial charge in [0.05, 0.1) is 6.61 Å². The molecule has 1 aliphatic rings. The Morgan fingerprint density at radius 1 is 0.765 bits per heavy atom. The number of aliphatic hydroxyl groups excluding tert-OH is 1. The highest BCUT2D eigenvalue weighted by Crippen LogP contribution is 2.28. The van der Waals surface area contributed by atoms with Gasteiger partial charge < -0.3 is 34.2 Å². The van der Waals surface area contributed by atoms with Crippen LogP contribution in [0.2, 0.25) is 0 Å². The van der Waals surface area contributed by atoms with Gasteiger partial charge in [-0.25, -0.2) is 0 Å². The summed E-state index contributed by atoms with van der Waals surface area (Å²) in [7, 11) is 0. The fourth-order valence-corrected chi connectivity index (χ4v) is 3.36. The SMILES string of the molecule is CCCC(=O)OC1O[C@H](CO)[C@@H](OC(=O)CCC)[C@H](OC(=O)CCC)[C@@H]1NC(=O)CCC(C)=O. The van der Waals surface area contributed by atoms with Crippen molar-refractivity contribution in [2.75, 3.05) is 6.61 Å². The molecule has 5 atom stereocenters. The minimum Gasteiger partial charge on any atom is -0.456 e. The van der Waals surface area contributed by atoms with Gasteiger partial charge in [-0.3, -0.25) is 19.2 Å². The van der Waals surface area contributed by atoms with E-state index in [2.05, 4.69) is 5.32 Å². The van der Waals surface area contributed by atoms with Crippen LogP contribution in [0.4, 0.5) is 0 Å². The van der Waals surface area contributed by atoms with E-state index in [0.29, 0.717) is 19.3 Å². The lowest BCUT2D eigenvalue weighted by Gasteiger charge is -2.44. The van der Waals surface area contributed by atoms with Crippen LogP contribution in [0.1, 0.15) is 79.1 Å². The van der Waals surface area contributed by atoms with Crippen LogP contribution >= 0.6 is 0 Å². The predicted octanol–water partition coefficient (Wildman–Crippen LogP) is 1.32. The number of rotatable bonds is 14. The van der Waals surface area contributed by atoms with Gasteiger partial charge in [-0.2, -0.15) is 0 Å². The van der Waals surface area contributed by atoms with Gasteiger partial charge in [0.25, 0.3) is 0 Å². The third-order valence-corrected chi connectivity index (χ3v) is 5.00. The molecule has 0 radical (unpaired) electrons. The summed E-state index contributed by atoms with van der Waals surface area (Å²) in [6.45, 7) is 6.05. The number of hydrogen-bond donors (Lipinski definition) is 2. The lowest BCUT2D eigenvalue weighted by atomic mass is 9.95. The number of aliphatic hydroxyl groups is 1. The number of hydrogen-bond acceptors (Lipinski definition) is 10. The Morgan fingerprint density at radius 2 is 1.26 bits per heavy atom. The summed E-state index contributed by atoms with van der Waals surface area (Å²) in [5.74, 6) is -2.61. The maximum atomic E-state index is 12.6. The Bertz CT molecular complexity index is 710. The summed E-state index contributed by atoms with van der Waals surface area (Å²) >= 11 is 0. The molecule has 0 saturated carbocycles. The van der Waals surface area contributed by atoms with E-state index in [0.717, 1.165) is 0 Å². The van der Waals surface area contributed by atoms with Crippen molar-refractivity contribution in [1.82, 2.24) is 5.32 Å². The van der Waals surface area contributed by atoms with Gasteiger partial charge in [-0.15, -0.1) is 0 Å². The zero-order chi connectivity index (χ0) is 25.7. The van der Waals surface area contributed by atoms with Crippen molar-refractivity contribution in [3.63, 3.8) is 0 Å². The maximum absolute atomic E-state index is 12.6. The first-order valence-electron chi connectivity index (χ1n) is 11.8. The van der Waals surface area contributed by atoms with Crippen molar-refractivity contribution >= 4 is 29.6 Å². The molecular formula is C23H37NO10. The maximum Gasteiger partial charge on any atom is 0.308 e. The van der Waals surface area contributed by atoms with Gasteiger partial charge in [0.15, 0.2) is 12.2 Å². The zero-order valence-electron chi connectivity index (χ0n) is 20.4. The molecule has 1 saturated heterocycles. The highest BCUT2D eigenvalue weighted by atomic mass is 16.7. The lowest BCUT2D eigenvalue weighted by Crippen LogP contribution is -2.67. The summed E-state index contributed by atoms with van der Waals surface area (Å²) in [4.78, 5) is 60.7. The highest BCUT2D eigenvalue weighted by molar-refractivity contribution is 5.83. The minimum atomic E-state index is -1.42. The minimum absolute atomic E-state index is 0.0197. The van der Waals surface area contributed by atoms with Crippen LogP contribution in [0.3, 0.4) is 0 Å². The van der Waals surface area contributed by atoms with Gasteiger partial charge in [-0.05, 0) is 26.2 Å². The fourth-order valence-electron chi connectivity index (χ4n) is 3.36. The molecule has 0 bridgehead atoms. The van der Waals surface area contributed by atoms with Gasteiger partial charge in [0.2, 0.25) is 12.2 Å². The molecule has 2 N–H and O–H groups in total. The first-order chi connectivity index (χ1) is 16.2. The standard InChI is InChI=1S/C23H37NO10/c1-5-8-17(28)32-21-15(13-25)31-23(34-19(30)10-7-3)20(22(21)33-18(29)9-6-2)24-16(27)12-11-14(4)26/h15,20-23,25H,5-13H2,1-4H3,(H,24,27)/t15-,20+,21-,22-,23?/m1/s1. The number of ether oxygens (including phenoxy) is 4. The van der Waals surface area contributed by atoms with Crippen molar-refractivity contribution in [3.05, 3.63) is 0 Å². The molecule has 0 spiro atoms. The molecule has 1 aliphatic heterocycles. The number of amides is 1. The van der Waals surface area contributed by atoms with Crippen LogP contribution in [0, 0.1) is 0 Å². The molecule has 1 heterocycles. The third-order valence-electron chi connectivity index (χ3n) is 5.00. The molecule has 1 amide bonds. The second-order valence-corrected chi connectivity index (χ2v) is 8.17. The van der Waals surface area contributed by atoms with E-state index in [1.807, 2.05) is 0 Å². The van der Waals surface area contributed by atoms with E-state index >= 15 is 0 Å². The molecule has 0 aromatic rings. The third kappa shape index (κ3) is 9.76. The van der Waals surface area contributed by atoms with Crippen molar-refractivity contribution in [1.29, 1.82) is 0 Å². The van der Waals surface area contributed by atoms with Crippen LogP contribution in [-0.2, 0) is 42.9 Å². The fraction of sp³-hybridized carbons (Fsp3) is 0.783. The van der Waals surface area contributed by atoms with Crippen LogP contribution in [0.25, 0.3) is 0 Å². The van der Waals surface area contributed by atoms with Crippen molar-refractivity contribution in [2.45, 2.75) is 110 Å². The number of Topliss-reactive ketones (excluding diaryl/α,β-unsaturated/α-hetero) is 1. The molecular weight excluding hydrogens is 450 g/mol. The largest absolute Gasteiger partial charge is 0.456 e. The van der Waals surface area contributed by atoms with Crippen LogP contribution in [0.15, 0.2) is 0 Å². The molecule has 1 fully saturated rings. The molecule has 11 heteroatoms. The molecule has 11 nitrogen and oxygen atoms in total. The van der Waals surface area contributed by atoms with Crippen LogP contribution in [-0.4, -0.2) is 72.0 Å². The van der Waals surface area contributed by atoms with Crippen LogP contribution in [0.5, 0.6) is 0 Å². The Kier molecular flexibility index (Phi) is 13.4. The van der Waals surface area contributed by atoms with E-state index in [4.69, 9.17) is 18.9 Å². The second-order valence-electron chi connectivity index (χ2n) is 8.17. The summed E-state index contributed by atoms with van der Waals surface area (Å²) in [5.41, 5.74) is 0. The summed E-state index contributed by atoms with van der Waals surface area (Å²) in [5, 5.41) is 12.5. The zero-order valence-corrected chi connectivity index (χ0v) is 20.4. The highest BCUT2D eigenvalue weighted by Gasteiger charge is 2.52. The molecule has 1 unspecified atom stereocenters. The van der Waals surface area contributed by atoms with Gasteiger partial charge in [0, 0.05) is 32.1 Å². The molecule has 0 aromatic heterocycles. The average molecular weight is 488 g/mol. The number of carbonyl (C=O) groups is 5. The lowest BCUT2D eigenvalue weighted by molar-refractivity contribution is -0.271. The number of esters is 3. The van der Waals surface area contributed by atoms with Crippen molar-refractivity contribution in [3.8, 4) is 0 Å². The van der Waals surface area contributed by atoms with Gasteiger partial charge >= 0.3 is 17.9 Å². The van der Waals surface area contributed by atoms with Gasteiger partial charge in [-0.1, -0.05) is 20.8 Å². The smallest absolute Gasteiger partial charge is 0.308 e. The first kappa shape index (κ1) is 29.5. The molecule has 1 rings (SSSR count). The summed E-state index contributed by atoms with van der Waals surface area (Å²) in [6, 6.07) is -1.23. The van der Waals surface area contributed by atoms with Crippen molar-refractivity contribution < 1.29 is 48.0 Å². The predicted molar refractivity (Wildman–Crippen MR) is 118 cm³/mol. The van der Waals surface area contributed by atoms with E-state index in [-0.39, 0.29) is 37.9 Å². The topological polar surface area (TPSA) is 155 Å². The molecule has 194 valence electrons. The molecule has 0 aromatic carbocycles. The summed E-state index contributed by atoms with van der Waals surface area (Å²) < 4.78 is 22.2. The molecule has 0 aliphatic carbocycles. The van der Waals surface area contributed by atoms with E-state index in [1.165, 1.54) is 6.92 Å². The normalized spacial score (nSPS) is 24.1. The van der Waals surface area contributed by atoms with Crippen molar-refractivity contribution in [2.24, 2.45) is 0 Å². The Balaban J connectivity index is 3.33. The number of carbonyl (C=O) groups excluding carboxylic acids is 5. The number of ketones is 1. The number of nitrogens with one attached hydrogen (secondary N) is 1. The van der Waals surface area contributed by atoms with E-state index < -0.39 is 61.1 Å². The Morgan fingerprint density at radius 3 is 1.74 bits per heavy atom. The second kappa shape index (κ2) is 15.4.